The molecule has 1 heterocycles. The van der Waals surface area contributed by atoms with Crippen molar-refractivity contribution in [1.82, 2.24) is 10.2 Å². The van der Waals surface area contributed by atoms with Gasteiger partial charge in [0.1, 0.15) is 0 Å². The SMILES string of the molecule is CC1CCN(CCNC(=O)C2CC2c2ccc(Br)cc2)CC1. The smallest absolute Gasteiger partial charge is 0.223 e. The predicted octanol–water partition coefficient (Wildman–Crippen LogP) is 3.40. The van der Waals surface area contributed by atoms with Crippen LogP contribution < -0.4 is 5.32 Å². The van der Waals surface area contributed by atoms with Gasteiger partial charge in [0.15, 0.2) is 0 Å². The van der Waals surface area contributed by atoms with Gasteiger partial charge in [-0.3, -0.25) is 4.79 Å². The molecule has 1 N–H and O–H groups in total. The van der Waals surface area contributed by atoms with Crippen molar-refractivity contribution < 1.29 is 4.79 Å². The largest absolute Gasteiger partial charge is 0.355 e. The van der Waals surface area contributed by atoms with Crippen LogP contribution in [0.1, 0.15) is 37.7 Å². The molecule has 1 saturated heterocycles. The molecule has 0 bridgehead atoms. The van der Waals surface area contributed by atoms with E-state index in [2.05, 4.69) is 57.3 Å². The topological polar surface area (TPSA) is 32.3 Å². The van der Waals surface area contributed by atoms with Gasteiger partial charge in [-0.25, -0.2) is 0 Å². The zero-order chi connectivity index (χ0) is 15.5. The fraction of sp³-hybridized carbons (Fsp3) is 0.611. The Morgan fingerprint density at radius 2 is 1.95 bits per heavy atom. The lowest BCUT2D eigenvalue weighted by atomic mass is 9.99. The lowest BCUT2D eigenvalue weighted by Crippen LogP contribution is -2.39. The van der Waals surface area contributed by atoms with Crippen LogP contribution in [0.3, 0.4) is 0 Å². The minimum absolute atomic E-state index is 0.183. The number of piperidine rings is 1. The van der Waals surface area contributed by atoms with E-state index in [1.54, 1.807) is 0 Å². The van der Waals surface area contributed by atoms with Crippen molar-refractivity contribution in [3.63, 3.8) is 0 Å². The van der Waals surface area contributed by atoms with Gasteiger partial charge in [0.25, 0.3) is 0 Å². The van der Waals surface area contributed by atoms with Gasteiger partial charge in [0.2, 0.25) is 5.91 Å². The second kappa shape index (κ2) is 7.14. The number of amides is 1. The first-order valence-electron chi connectivity index (χ1n) is 8.39. The lowest BCUT2D eigenvalue weighted by Gasteiger charge is -2.30. The summed E-state index contributed by atoms with van der Waals surface area (Å²) < 4.78 is 1.09. The molecule has 22 heavy (non-hydrogen) atoms. The highest BCUT2D eigenvalue weighted by Gasteiger charge is 2.43. The van der Waals surface area contributed by atoms with Gasteiger partial charge in [0.05, 0.1) is 0 Å². The molecule has 2 unspecified atom stereocenters. The van der Waals surface area contributed by atoms with Crippen LogP contribution in [0.25, 0.3) is 0 Å². The van der Waals surface area contributed by atoms with E-state index in [1.807, 2.05) is 0 Å². The standard InChI is InChI=1S/C18H25BrN2O/c1-13-6-9-21(10-7-13)11-8-20-18(22)17-12-16(17)14-2-4-15(19)5-3-14/h2-5,13,16-17H,6-12H2,1H3,(H,20,22). The number of rotatable bonds is 5. The van der Waals surface area contributed by atoms with Crippen molar-refractivity contribution in [2.45, 2.75) is 32.1 Å². The van der Waals surface area contributed by atoms with Crippen molar-refractivity contribution in [2.75, 3.05) is 26.2 Å². The summed E-state index contributed by atoms with van der Waals surface area (Å²) >= 11 is 3.45. The summed E-state index contributed by atoms with van der Waals surface area (Å²) in [7, 11) is 0. The maximum absolute atomic E-state index is 12.2. The Balaban J connectivity index is 1.38. The molecule has 1 saturated carbocycles. The van der Waals surface area contributed by atoms with Crippen molar-refractivity contribution in [2.24, 2.45) is 11.8 Å². The summed E-state index contributed by atoms with van der Waals surface area (Å²) in [5, 5.41) is 3.12. The Morgan fingerprint density at radius 3 is 2.64 bits per heavy atom. The van der Waals surface area contributed by atoms with Gasteiger partial charge >= 0.3 is 0 Å². The Kier molecular flexibility index (Phi) is 5.19. The van der Waals surface area contributed by atoms with Crippen LogP contribution in [-0.2, 0) is 4.79 Å². The number of benzene rings is 1. The van der Waals surface area contributed by atoms with Crippen LogP contribution >= 0.6 is 15.9 Å². The molecule has 0 radical (unpaired) electrons. The van der Waals surface area contributed by atoms with E-state index in [1.165, 1.54) is 31.5 Å². The molecular formula is C18H25BrN2O. The van der Waals surface area contributed by atoms with Crippen LogP contribution in [0.5, 0.6) is 0 Å². The van der Waals surface area contributed by atoms with Gasteiger partial charge < -0.3 is 10.2 Å². The van der Waals surface area contributed by atoms with E-state index < -0.39 is 0 Å². The number of nitrogens with zero attached hydrogens (tertiary/aromatic N) is 1. The molecule has 0 aromatic heterocycles. The van der Waals surface area contributed by atoms with Crippen molar-refractivity contribution in [3.8, 4) is 0 Å². The molecule has 2 aliphatic rings. The van der Waals surface area contributed by atoms with Crippen LogP contribution in [0, 0.1) is 11.8 Å². The van der Waals surface area contributed by atoms with Gasteiger partial charge in [-0.1, -0.05) is 35.0 Å². The average Bonchev–Trinajstić information content (AvgIpc) is 3.30. The lowest BCUT2D eigenvalue weighted by molar-refractivity contribution is -0.122. The first-order chi connectivity index (χ1) is 10.6. The fourth-order valence-electron chi connectivity index (χ4n) is 3.32. The molecule has 0 spiro atoms. The number of likely N-dealkylation sites (tertiary alicyclic amines) is 1. The number of nitrogens with one attached hydrogen (secondary N) is 1. The summed E-state index contributed by atoms with van der Waals surface area (Å²) in [6.07, 6.45) is 3.58. The van der Waals surface area contributed by atoms with E-state index in [4.69, 9.17) is 0 Å². The highest BCUT2D eigenvalue weighted by atomic mass is 79.9. The summed E-state index contributed by atoms with van der Waals surface area (Å²) in [5.41, 5.74) is 1.29. The molecule has 2 atom stereocenters. The Bertz CT molecular complexity index is 508. The molecule has 2 fully saturated rings. The third kappa shape index (κ3) is 4.11. The fourth-order valence-corrected chi connectivity index (χ4v) is 3.58. The average molecular weight is 365 g/mol. The predicted molar refractivity (Wildman–Crippen MR) is 92.8 cm³/mol. The molecule has 3 rings (SSSR count). The first-order valence-corrected chi connectivity index (χ1v) is 9.18. The van der Waals surface area contributed by atoms with E-state index in [-0.39, 0.29) is 11.8 Å². The first kappa shape index (κ1) is 16.0. The molecule has 1 aromatic carbocycles. The summed E-state index contributed by atoms with van der Waals surface area (Å²) in [6, 6.07) is 8.35. The molecule has 4 heteroatoms. The maximum atomic E-state index is 12.2. The second-order valence-corrected chi connectivity index (χ2v) is 7.73. The minimum atomic E-state index is 0.183. The maximum Gasteiger partial charge on any atom is 0.223 e. The summed E-state index contributed by atoms with van der Waals surface area (Å²) in [6.45, 7) is 6.48. The Morgan fingerprint density at radius 1 is 1.27 bits per heavy atom. The normalized spacial score (nSPS) is 25.9. The Labute approximate surface area is 141 Å². The second-order valence-electron chi connectivity index (χ2n) is 6.82. The van der Waals surface area contributed by atoms with Gasteiger partial charge in [0, 0.05) is 23.5 Å². The molecule has 1 amide bonds. The van der Waals surface area contributed by atoms with Crippen molar-refractivity contribution in [3.05, 3.63) is 34.3 Å². The monoisotopic (exact) mass is 364 g/mol. The third-order valence-electron chi connectivity index (χ3n) is 5.03. The highest BCUT2D eigenvalue weighted by Crippen LogP contribution is 2.47. The van der Waals surface area contributed by atoms with Crippen molar-refractivity contribution in [1.29, 1.82) is 0 Å². The van der Waals surface area contributed by atoms with Crippen LogP contribution in [0.4, 0.5) is 0 Å². The molecule has 1 aromatic rings. The zero-order valence-electron chi connectivity index (χ0n) is 13.2. The van der Waals surface area contributed by atoms with E-state index in [0.29, 0.717) is 5.92 Å². The summed E-state index contributed by atoms with van der Waals surface area (Å²) in [5.74, 6) is 1.70. The molecule has 1 aliphatic carbocycles. The van der Waals surface area contributed by atoms with Crippen LogP contribution in [0.15, 0.2) is 28.7 Å². The molecule has 1 aliphatic heterocycles. The molecule has 120 valence electrons. The quantitative estimate of drug-likeness (QED) is 0.868. The molecular weight excluding hydrogens is 340 g/mol. The highest BCUT2D eigenvalue weighted by molar-refractivity contribution is 9.10. The number of carbonyl (C=O) groups excluding carboxylic acids is 1. The van der Waals surface area contributed by atoms with Gasteiger partial charge in [-0.05, 0) is 61.9 Å². The Hall–Kier alpha value is -0.870. The van der Waals surface area contributed by atoms with Gasteiger partial charge in [-0.15, -0.1) is 0 Å². The molecule has 3 nitrogen and oxygen atoms in total. The van der Waals surface area contributed by atoms with Gasteiger partial charge in [-0.2, -0.15) is 0 Å². The van der Waals surface area contributed by atoms with Crippen LogP contribution in [-0.4, -0.2) is 37.0 Å². The van der Waals surface area contributed by atoms with E-state index in [0.717, 1.165) is 29.9 Å². The third-order valence-corrected chi connectivity index (χ3v) is 5.56. The minimum Gasteiger partial charge on any atom is -0.355 e. The van der Waals surface area contributed by atoms with E-state index >= 15 is 0 Å². The summed E-state index contributed by atoms with van der Waals surface area (Å²) in [4.78, 5) is 14.7. The van der Waals surface area contributed by atoms with E-state index in [9.17, 15) is 4.79 Å². The number of halogens is 1. The number of hydrogen-bond donors (Lipinski definition) is 1. The zero-order valence-corrected chi connectivity index (χ0v) is 14.8. The number of carbonyl (C=O) groups is 1. The van der Waals surface area contributed by atoms with Crippen molar-refractivity contribution >= 4 is 21.8 Å². The van der Waals surface area contributed by atoms with Crippen LogP contribution in [0.2, 0.25) is 0 Å². The number of hydrogen-bond acceptors (Lipinski definition) is 2.